The van der Waals surface area contributed by atoms with Gasteiger partial charge < -0.3 is 4.90 Å². The van der Waals surface area contributed by atoms with E-state index in [0.717, 1.165) is 19.4 Å². The van der Waals surface area contributed by atoms with E-state index in [-0.39, 0.29) is 11.4 Å². The van der Waals surface area contributed by atoms with Crippen LogP contribution >= 0.6 is 11.6 Å². The molecule has 14 heavy (non-hydrogen) atoms. The Morgan fingerprint density at radius 2 is 2.07 bits per heavy atom. The SMILES string of the molecule is O=C(Cl)N1CCCC1c1ccccc1. The van der Waals surface area contributed by atoms with Crippen molar-refractivity contribution in [2.75, 3.05) is 6.54 Å². The van der Waals surface area contributed by atoms with Gasteiger partial charge in [0.05, 0.1) is 6.04 Å². The van der Waals surface area contributed by atoms with Gasteiger partial charge in [-0.25, -0.2) is 0 Å². The van der Waals surface area contributed by atoms with Crippen molar-refractivity contribution in [3.05, 3.63) is 35.9 Å². The van der Waals surface area contributed by atoms with Gasteiger partial charge in [0.25, 0.3) is 0 Å². The molecule has 1 saturated heterocycles. The van der Waals surface area contributed by atoms with Crippen molar-refractivity contribution in [2.45, 2.75) is 18.9 Å². The van der Waals surface area contributed by atoms with Gasteiger partial charge in [-0.05, 0) is 30.0 Å². The Hall–Kier alpha value is -1.02. The minimum atomic E-state index is -0.337. The number of carbonyl (C=O) groups is 1. The molecule has 1 atom stereocenters. The van der Waals surface area contributed by atoms with Gasteiger partial charge in [-0.3, -0.25) is 4.79 Å². The number of benzene rings is 1. The molecule has 1 unspecified atom stereocenters. The minimum Gasteiger partial charge on any atom is -0.322 e. The summed E-state index contributed by atoms with van der Waals surface area (Å²) in [6, 6.07) is 10.2. The molecule has 0 saturated carbocycles. The summed E-state index contributed by atoms with van der Waals surface area (Å²) in [5, 5.41) is -0.337. The monoisotopic (exact) mass is 209 g/mol. The molecule has 2 rings (SSSR count). The number of nitrogens with zero attached hydrogens (tertiary/aromatic N) is 1. The number of halogens is 1. The summed E-state index contributed by atoms with van der Waals surface area (Å²) in [5.74, 6) is 0. The lowest BCUT2D eigenvalue weighted by Crippen LogP contribution is -2.25. The first kappa shape index (κ1) is 9.53. The van der Waals surface area contributed by atoms with Crippen LogP contribution in [0.1, 0.15) is 24.4 Å². The van der Waals surface area contributed by atoms with E-state index in [4.69, 9.17) is 11.6 Å². The van der Waals surface area contributed by atoms with Crippen LogP contribution in [0.15, 0.2) is 30.3 Å². The molecule has 0 aromatic heterocycles. The van der Waals surface area contributed by atoms with E-state index < -0.39 is 0 Å². The number of rotatable bonds is 1. The number of hydrogen-bond donors (Lipinski definition) is 0. The fraction of sp³-hybridized carbons (Fsp3) is 0.364. The van der Waals surface area contributed by atoms with Gasteiger partial charge in [0.1, 0.15) is 0 Å². The average molecular weight is 210 g/mol. The highest BCUT2D eigenvalue weighted by Gasteiger charge is 2.28. The van der Waals surface area contributed by atoms with Crippen LogP contribution in [0, 0.1) is 0 Å². The summed E-state index contributed by atoms with van der Waals surface area (Å²) >= 11 is 5.52. The maximum atomic E-state index is 11.1. The molecule has 74 valence electrons. The predicted molar refractivity (Wildman–Crippen MR) is 56.4 cm³/mol. The van der Waals surface area contributed by atoms with Crippen LogP contribution in [0.2, 0.25) is 0 Å². The molecule has 0 N–H and O–H groups in total. The van der Waals surface area contributed by atoms with E-state index in [1.807, 2.05) is 30.3 Å². The second kappa shape index (κ2) is 4.01. The van der Waals surface area contributed by atoms with Crippen molar-refractivity contribution < 1.29 is 4.79 Å². The van der Waals surface area contributed by atoms with Crippen molar-refractivity contribution >= 4 is 17.0 Å². The lowest BCUT2D eigenvalue weighted by Gasteiger charge is -2.22. The van der Waals surface area contributed by atoms with E-state index in [1.54, 1.807) is 4.90 Å². The smallest absolute Gasteiger partial charge is 0.316 e. The molecular formula is C11H12ClNO. The van der Waals surface area contributed by atoms with Gasteiger partial charge in [-0.1, -0.05) is 30.3 Å². The third-order valence-corrected chi connectivity index (χ3v) is 2.88. The Bertz CT molecular complexity index is 325. The van der Waals surface area contributed by atoms with Crippen LogP contribution in [0.5, 0.6) is 0 Å². The van der Waals surface area contributed by atoms with E-state index >= 15 is 0 Å². The van der Waals surface area contributed by atoms with Crippen molar-refractivity contribution in [2.24, 2.45) is 0 Å². The Kier molecular flexibility index (Phi) is 2.73. The van der Waals surface area contributed by atoms with Gasteiger partial charge in [-0.15, -0.1) is 0 Å². The van der Waals surface area contributed by atoms with Gasteiger partial charge in [0.2, 0.25) is 0 Å². The molecular weight excluding hydrogens is 198 g/mol. The lowest BCUT2D eigenvalue weighted by atomic mass is 10.1. The molecule has 1 aliphatic rings. The highest BCUT2D eigenvalue weighted by Crippen LogP contribution is 2.32. The van der Waals surface area contributed by atoms with Crippen molar-refractivity contribution in [3.8, 4) is 0 Å². The van der Waals surface area contributed by atoms with E-state index in [0.29, 0.717) is 0 Å². The van der Waals surface area contributed by atoms with Crippen molar-refractivity contribution in [1.82, 2.24) is 4.90 Å². The Morgan fingerprint density at radius 3 is 2.71 bits per heavy atom. The topological polar surface area (TPSA) is 20.3 Å². The molecule has 1 heterocycles. The average Bonchev–Trinajstić information content (AvgIpc) is 2.67. The van der Waals surface area contributed by atoms with Crippen LogP contribution in [0.25, 0.3) is 0 Å². The summed E-state index contributed by atoms with van der Waals surface area (Å²) in [5.41, 5.74) is 1.18. The lowest BCUT2D eigenvalue weighted by molar-refractivity contribution is 0.217. The standard InChI is InChI=1S/C11H12ClNO/c12-11(14)13-8-4-7-10(13)9-5-2-1-3-6-9/h1-3,5-6,10H,4,7-8H2. The fourth-order valence-corrected chi connectivity index (χ4v) is 2.20. The molecule has 0 bridgehead atoms. The highest BCUT2D eigenvalue weighted by atomic mass is 35.5. The fourth-order valence-electron chi connectivity index (χ4n) is 2.00. The second-order valence-electron chi connectivity index (χ2n) is 3.52. The van der Waals surface area contributed by atoms with Gasteiger partial charge in [0.15, 0.2) is 0 Å². The molecule has 1 aromatic rings. The molecule has 1 aromatic carbocycles. The Labute approximate surface area is 88.5 Å². The molecule has 0 radical (unpaired) electrons. The van der Waals surface area contributed by atoms with E-state index in [2.05, 4.69) is 0 Å². The van der Waals surface area contributed by atoms with E-state index in [9.17, 15) is 4.79 Å². The molecule has 2 nitrogen and oxygen atoms in total. The number of carbonyl (C=O) groups excluding carboxylic acids is 1. The van der Waals surface area contributed by atoms with Crippen LogP contribution in [-0.4, -0.2) is 16.8 Å². The Balaban J connectivity index is 2.22. The Morgan fingerprint density at radius 1 is 1.36 bits per heavy atom. The molecule has 1 amide bonds. The first-order valence-electron chi connectivity index (χ1n) is 4.80. The van der Waals surface area contributed by atoms with Gasteiger partial charge in [-0.2, -0.15) is 0 Å². The second-order valence-corrected chi connectivity index (χ2v) is 3.84. The van der Waals surface area contributed by atoms with Crippen LogP contribution in [-0.2, 0) is 0 Å². The van der Waals surface area contributed by atoms with Gasteiger partial charge in [0, 0.05) is 6.54 Å². The number of hydrogen-bond acceptors (Lipinski definition) is 1. The zero-order valence-electron chi connectivity index (χ0n) is 7.82. The normalized spacial score (nSPS) is 21.2. The largest absolute Gasteiger partial charge is 0.322 e. The van der Waals surface area contributed by atoms with Crippen LogP contribution in [0.4, 0.5) is 4.79 Å². The minimum absolute atomic E-state index is 0.182. The summed E-state index contributed by atoms with van der Waals surface area (Å²) in [4.78, 5) is 12.9. The summed E-state index contributed by atoms with van der Waals surface area (Å²) in [7, 11) is 0. The van der Waals surface area contributed by atoms with Crippen molar-refractivity contribution in [1.29, 1.82) is 0 Å². The van der Waals surface area contributed by atoms with E-state index in [1.165, 1.54) is 5.56 Å². The zero-order valence-corrected chi connectivity index (χ0v) is 8.57. The van der Waals surface area contributed by atoms with Crippen molar-refractivity contribution in [3.63, 3.8) is 0 Å². The predicted octanol–water partition coefficient (Wildman–Crippen LogP) is 3.18. The molecule has 3 heteroatoms. The van der Waals surface area contributed by atoms with Gasteiger partial charge >= 0.3 is 5.37 Å². The third kappa shape index (κ3) is 1.75. The molecule has 1 aliphatic heterocycles. The maximum Gasteiger partial charge on any atom is 0.316 e. The zero-order chi connectivity index (χ0) is 9.97. The summed E-state index contributed by atoms with van der Waals surface area (Å²) in [6.07, 6.45) is 2.06. The highest BCUT2D eigenvalue weighted by molar-refractivity contribution is 6.62. The maximum absolute atomic E-state index is 11.1. The first-order valence-corrected chi connectivity index (χ1v) is 5.18. The quantitative estimate of drug-likeness (QED) is 0.514. The third-order valence-electron chi connectivity index (χ3n) is 2.66. The summed E-state index contributed by atoms with van der Waals surface area (Å²) in [6.45, 7) is 0.780. The molecule has 0 spiro atoms. The molecule has 0 aliphatic carbocycles. The molecule has 1 fully saturated rings. The van der Waals surface area contributed by atoms with Crippen LogP contribution in [0.3, 0.4) is 0 Å². The van der Waals surface area contributed by atoms with Crippen LogP contribution < -0.4 is 0 Å². The number of amides is 1. The summed E-state index contributed by atoms with van der Waals surface area (Å²) < 4.78 is 0. The number of likely N-dealkylation sites (tertiary alicyclic amines) is 1. The first-order chi connectivity index (χ1) is 6.79.